The van der Waals surface area contributed by atoms with Gasteiger partial charge in [-0.2, -0.15) is 0 Å². The summed E-state index contributed by atoms with van der Waals surface area (Å²) in [6.45, 7) is 6.91. The van der Waals surface area contributed by atoms with Crippen LogP contribution in [-0.4, -0.2) is 16.6 Å². The van der Waals surface area contributed by atoms with Crippen LogP contribution in [-0.2, 0) is 16.8 Å². The van der Waals surface area contributed by atoms with E-state index in [4.69, 9.17) is 10.6 Å². The fourth-order valence-electron chi connectivity index (χ4n) is 2.49. The summed E-state index contributed by atoms with van der Waals surface area (Å²) in [4.78, 5) is 9.16. The highest BCUT2D eigenvalue weighted by Crippen LogP contribution is 2.33. The van der Waals surface area contributed by atoms with Gasteiger partial charge < -0.3 is 10.2 Å². The Morgan fingerprint density at radius 1 is 1.39 bits per heavy atom. The lowest BCUT2D eigenvalue weighted by Crippen LogP contribution is -2.33. The van der Waals surface area contributed by atoms with Crippen LogP contribution >= 0.6 is 0 Å². The van der Waals surface area contributed by atoms with Crippen molar-refractivity contribution in [3.63, 3.8) is 0 Å². The molecule has 1 unspecified atom stereocenters. The molecule has 0 aromatic carbocycles. The van der Waals surface area contributed by atoms with E-state index in [2.05, 4.69) is 29.2 Å². The maximum absolute atomic E-state index is 5.89. The monoisotopic (exact) mass is 250 g/mol. The van der Waals surface area contributed by atoms with Crippen molar-refractivity contribution >= 4 is 5.82 Å². The molecular weight excluding hydrogens is 228 g/mol. The fraction of sp³-hybridized carbons (Fsp3) is 0.692. The van der Waals surface area contributed by atoms with E-state index in [1.165, 1.54) is 0 Å². The summed E-state index contributed by atoms with van der Waals surface area (Å²) < 4.78 is 5.89. The lowest BCUT2D eigenvalue weighted by atomic mass is 9.94. The van der Waals surface area contributed by atoms with Crippen molar-refractivity contribution in [2.24, 2.45) is 5.84 Å². The van der Waals surface area contributed by atoms with Gasteiger partial charge in [-0.3, -0.25) is 0 Å². The van der Waals surface area contributed by atoms with E-state index in [0.717, 1.165) is 55.2 Å². The van der Waals surface area contributed by atoms with Gasteiger partial charge >= 0.3 is 0 Å². The molecule has 0 bridgehead atoms. The molecule has 1 fully saturated rings. The molecular formula is C13H22N4O. The number of nitrogen functional groups attached to an aromatic ring is 1. The third-order valence-electron chi connectivity index (χ3n) is 3.65. The van der Waals surface area contributed by atoms with E-state index in [9.17, 15) is 0 Å². The van der Waals surface area contributed by atoms with Crippen molar-refractivity contribution in [1.82, 2.24) is 9.97 Å². The first kappa shape index (κ1) is 13.2. The predicted molar refractivity (Wildman–Crippen MR) is 71.1 cm³/mol. The average Bonchev–Trinajstić information content (AvgIpc) is 2.38. The maximum atomic E-state index is 5.89. The van der Waals surface area contributed by atoms with Gasteiger partial charge in [0.25, 0.3) is 0 Å². The molecule has 1 atom stereocenters. The first-order valence-electron chi connectivity index (χ1n) is 6.59. The molecule has 0 amide bonds. The minimum atomic E-state index is -0.374. The summed E-state index contributed by atoms with van der Waals surface area (Å²) in [7, 11) is 0. The number of nitrogens with two attached hydrogens (primary N) is 1. The topological polar surface area (TPSA) is 73.1 Å². The molecule has 1 saturated heterocycles. The number of rotatable bonds is 3. The third-order valence-corrected chi connectivity index (χ3v) is 3.65. The van der Waals surface area contributed by atoms with Crippen LogP contribution in [0, 0.1) is 6.92 Å². The van der Waals surface area contributed by atoms with E-state index in [1.807, 2.05) is 6.92 Å². The Labute approximate surface area is 108 Å². The van der Waals surface area contributed by atoms with E-state index in [0.29, 0.717) is 0 Å². The molecule has 0 spiro atoms. The van der Waals surface area contributed by atoms with Gasteiger partial charge in [-0.15, -0.1) is 0 Å². The predicted octanol–water partition coefficient (Wildman–Crippen LogP) is 2.05. The minimum absolute atomic E-state index is 0.374. The number of hydrogen-bond donors (Lipinski definition) is 2. The molecule has 1 aromatic rings. The van der Waals surface area contributed by atoms with Crippen molar-refractivity contribution in [3.8, 4) is 0 Å². The zero-order chi connectivity index (χ0) is 13.2. The van der Waals surface area contributed by atoms with Crippen LogP contribution < -0.4 is 11.3 Å². The molecule has 0 aliphatic carbocycles. The Morgan fingerprint density at radius 2 is 2.17 bits per heavy atom. The van der Waals surface area contributed by atoms with Gasteiger partial charge in [0.2, 0.25) is 0 Å². The SMILES string of the molecule is CCc1c(C)nc(C2(C)CCCCO2)nc1NN. The Balaban J connectivity index is 2.42. The highest BCUT2D eigenvalue weighted by molar-refractivity contribution is 5.45. The molecule has 1 aromatic heterocycles. The van der Waals surface area contributed by atoms with E-state index in [-0.39, 0.29) is 5.60 Å². The summed E-state index contributed by atoms with van der Waals surface area (Å²) in [5.74, 6) is 7.01. The number of nitrogens with one attached hydrogen (secondary N) is 1. The van der Waals surface area contributed by atoms with Gasteiger partial charge in [0.1, 0.15) is 11.4 Å². The van der Waals surface area contributed by atoms with Gasteiger partial charge in [0.15, 0.2) is 5.82 Å². The van der Waals surface area contributed by atoms with E-state index < -0.39 is 0 Å². The normalized spacial score (nSPS) is 24.0. The average molecular weight is 250 g/mol. The maximum Gasteiger partial charge on any atom is 0.162 e. The molecule has 1 aliphatic rings. The molecule has 2 rings (SSSR count). The summed E-state index contributed by atoms with van der Waals surface area (Å²) in [5, 5.41) is 0. The van der Waals surface area contributed by atoms with Crippen LogP contribution in [0.2, 0.25) is 0 Å². The summed E-state index contributed by atoms with van der Waals surface area (Å²) >= 11 is 0. The number of aryl methyl sites for hydroxylation is 1. The Hall–Kier alpha value is -1.20. The summed E-state index contributed by atoms with van der Waals surface area (Å²) in [6.07, 6.45) is 4.09. The molecule has 0 radical (unpaired) electrons. The molecule has 100 valence electrons. The molecule has 3 N–H and O–H groups in total. The lowest BCUT2D eigenvalue weighted by molar-refractivity contribution is -0.0760. The van der Waals surface area contributed by atoms with E-state index >= 15 is 0 Å². The van der Waals surface area contributed by atoms with Crippen LogP contribution in [0.1, 0.15) is 50.2 Å². The summed E-state index contributed by atoms with van der Waals surface area (Å²) in [6, 6.07) is 0. The van der Waals surface area contributed by atoms with Crippen LogP contribution in [0.15, 0.2) is 0 Å². The first-order chi connectivity index (χ1) is 8.60. The molecule has 1 aliphatic heterocycles. The van der Waals surface area contributed by atoms with Crippen molar-refractivity contribution in [2.75, 3.05) is 12.0 Å². The summed E-state index contributed by atoms with van der Waals surface area (Å²) in [5.41, 5.74) is 4.35. The zero-order valence-corrected chi connectivity index (χ0v) is 11.4. The number of anilines is 1. The zero-order valence-electron chi connectivity index (χ0n) is 11.4. The number of nitrogens with zero attached hydrogens (tertiary/aromatic N) is 2. The quantitative estimate of drug-likeness (QED) is 0.634. The van der Waals surface area contributed by atoms with Crippen LogP contribution in [0.3, 0.4) is 0 Å². The second-order valence-corrected chi connectivity index (χ2v) is 4.99. The second kappa shape index (κ2) is 5.20. The smallest absolute Gasteiger partial charge is 0.162 e. The van der Waals surface area contributed by atoms with Crippen LogP contribution in [0.4, 0.5) is 5.82 Å². The minimum Gasteiger partial charge on any atom is -0.367 e. The fourth-order valence-corrected chi connectivity index (χ4v) is 2.49. The number of aromatic nitrogens is 2. The number of hydrazine groups is 1. The van der Waals surface area contributed by atoms with Crippen molar-refractivity contribution in [3.05, 3.63) is 17.1 Å². The first-order valence-corrected chi connectivity index (χ1v) is 6.59. The second-order valence-electron chi connectivity index (χ2n) is 4.99. The van der Waals surface area contributed by atoms with Crippen molar-refractivity contribution in [2.45, 2.75) is 52.1 Å². The highest BCUT2D eigenvalue weighted by atomic mass is 16.5. The molecule has 0 saturated carbocycles. The van der Waals surface area contributed by atoms with Gasteiger partial charge in [-0.25, -0.2) is 15.8 Å². The van der Waals surface area contributed by atoms with Gasteiger partial charge in [0.05, 0.1) is 0 Å². The van der Waals surface area contributed by atoms with Crippen LogP contribution in [0.25, 0.3) is 0 Å². The van der Waals surface area contributed by atoms with Crippen LogP contribution in [0.5, 0.6) is 0 Å². The standard InChI is InChI=1S/C13H22N4O/c1-4-10-9(2)15-12(16-11(10)17-14)13(3)7-5-6-8-18-13/h4-8,14H2,1-3H3,(H,15,16,17). The molecule has 5 heteroatoms. The van der Waals surface area contributed by atoms with Crippen molar-refractivity contribution < 1.29 is 4.74 Å². The largest absolute Gasteiger partial charge is 0.367 e. The highest BCUT2D eigenvalue weighted by Gasteiger charge is 2.33. The third kappa shape index (κ3) is 2.33. The Bertz CT molecular complexity index is 427. The molecule has 5 nitrogen and oxygen atoms in total. The van der Waals surface area contributed by atoms with Gasteiger partial charge in [-0.05, 0) is 39.5 Å². The van der Waals surface area contributed by atoms with Gasteiger partial charge in [-0.1, -0.05) is 6.92 Å². The van der Waals surface area contributed by atoms with Crippen molar-refractivity contribution in [1.29, 1.82) is 0 Å². The number of hydrogen-bond acceptors (Lipinski definition) is 5. The Morgan fingerprint density at radius 3 is 2.72 bits per heavy atom. The molecule has 18 heavy (non-hydrogen) atoms. The lowest BCUT2D eigenvalue weighted by Gasteiger charge is -2.33. The Kier molecular flexibility index (Phi) is 3.82. The number of ether oxygens (including phenoxy) is 1. The van der Waals surface area contributed by atoms with Gasteiger partial charge in [0, 0.05) is 17.9 Å². The molecule has 2 heterocycles. The van der Waals surface area contributed by atoms with E-state index in [1.54, 1.807) is 0 Å².